The van der Waals surface area contributed by atoms with E-state index in [2.05, 4.69) is 9.62 Å². The lowest BCUT2D eigenvalue weighted by Crippen LogP contribution is -2.48. The van der Waals surface area contributed by atoms with Crippen LogP contribution in [0.1, 0.15) is 10.4 Å². The quantitative estimate of drug-likeness (QED) is 0.498. The van der Waals surface area contributed by atoms with Crippen molar-refractivity contribution in [3.63, 3.8) is 0 Å². The molecule has 1 aromatic heterocycles. The number of sulfonamides is 1. The number of ether oxygens (including phenoxy) is 1. The predicted octanol–water partition coefficient (Wildman–Crippen LogP) is 4.83. The molecule has 1 fully saturated rings. The van der Waals surface area contributed by atoms with E-state index in [4.69, 9.17) is 27.9 Å². The average Bonchev–Trinajstić information content (AvgIpc) is 3.18. The van der Waals surface area contributed by atoms with Crippen LogP contribution in [0.25, 0.3) is 0 Å². The van der Waals surface area contributed by atoms with Crippen molar-refractivity contribution in [1.29, 1.82) is 0 Å². The zero-order valence-corrected chi connectivity index (χ0v) is 20.8. The normalized spacial score (nSPS) is 14.3. The average molecular weight is 526 g/mol. The molecule has 7 nitrogen and oxygen atoms in total. The van der Waals surface area contributed by atoms with Crippen molar-refractivity contribution in [2.24, 2.45) is 0 Å². The summed E-state index contributed by atoms with van der Waals surface area (Å²) in [6.45, 7) is 2.52. The molecule has 0 unspecified atom stereocenters. The Bertz CT molecular complexity index is 1250. The number of carbonyl (C=O) groups is 1. The van der Waals surface area contributed by atoms with E-state index < -0.39 is 10.0 Å². The van der Waals surface area contributed by atoms with Crippen molar-refractivity contribution in [3.8, 4) is 5.75 Å². The molecule has 0 spiro atoms. The lowest BCUT2D eigenvalue weighted by molar-refractivity contribution is 0.0746. The fourth-order valence-electron chi connectivity index (χ4n) is 3.62. The van der Waals surface area contributed by atoms with Crippen molar-refractivity contribution in [1.82, 2.24) is 4.90 Å². The molecule has 1 saturated heterocycles. The van der Waals surface area contributed by atoms with E-state index in [1.165, 1.54) is 6.07 Å². The number of hydrogen-bond donors (Lipinski definition) is 1. The van der Waals surface area contributed by atoms with Crippen molar-refractivity contribution in [3.05, 3.63) is 68.8 Å². The summed E-state index contributed by atoms with van der Waals surface area (Å²) in [5, 5.41) is 0. The molecule has 0 radical (unpaired) electrons. The number of methoxy groups -OCH3 is 1. The van der Waals surface area contributed by atoms with Crippen LogP contribution < -0.4 is 14.4 Å². The highest BCUT2D eigenvalue weighted by molar-refractivity contribution is 7.93. The Kier molecular flexibility index (Phi) is 7.04. The third-order valence-corrected chi connectivity index (χ3v) is 8.43. The molecule has 0 aliphatic carbocycles. The molecule has 3 aromatic rings. The molecule has 1 aliphatic heterocycles. The molecule has 2 aromatic carbocycles. The second-order valence-electron chi connectivity index (χ2n) is 7.32. The third-order valence-electron chi connectivity index (χ3n) is 5.29. The Morgan fingerprint density at radius 1 is 1.03 bits per heavy atom. The number of carbonyl (C=O) groups excluding carboxylic acids is 1. The topological polar surface area (TPSA) is 79.0 Å². The first-order valence-corrected chi connectivity index (χ1v) is 13.1. The molecule has 11 heteroatoms. The smallest absolute Gasteiger partial charge is 0.264 e. The van der Waals surface area contributed by atoms with Crippen LogP contribution in [0.3, 0.4) is 0 Å². The van der Waals surface area contributed by atoms with Crippen LogP contribution in [-0.4, -0.2) is 52.5 Å². The summed E-state index contributed by atoms with van der Waals surface area (Å²) in [5.41, 5.74) is 1.82. The number of thiophene rings is 1. The molecule has 1 amide bonds. The number of amides is 1. The molecule has 1 N–H and O–H groups in total. The van der Waals surface area contributed by atoms with Crippen LogP contribution in [-0.2, 0) is 10.0 Å². The summed E-state index contributed by atoms with van der Waals surface area (Å²) in [6, 6.07) is 15.4. The maximum Gasteiger partial charge on any atom is 0.264 e. The highest BCUT2D eigenvalue weighted by atomic mass is 35.5. The molecular weight excluding hydrogens is 505 g/mol. The molecule has 174 valence electrons. The molecule has 1 aliphatic rings. The van der Waals surface area contributed by atoms with Gasteiger partial charge >= 0.3 is 0 Å². The predicted molar refractivity (Wildman–Crippen MR) is 133 cm³/mol. The number of piperazine rings is 1. The van der Waals surface area contributed by atoms with E-state index in [-0.39, 0.29) is 19.5 Å². The first-order chi connectivity index (χ1) is 15.8. The van der Waals surface area contributed by atoms with E-state index in [1.54, 1.807) is 36.3 Å². The fraction of sp³-hybridized carbons (Fsp3) is 0.227. The molecule has 0 saturated carbocycles. The van der Waals surface area contributed by atoms with Gasteiger partial charge in [0, 0.05) is 37.4 Å². The van der Waals surface area contributed by atoms with E-state index in [0.717, 1.165) is 22.8 Å². The second kappa shape index (κ2) is 9.80. The van der Waals surface area contributed by atoms with Crippen LogP contribution in [0.15, 0.2) is 59.5 Å². The number of benzene rings is 2. The maximum atomic E-state index is 12.9. The lowest BCUT2D eigenvalue weighted by atomic mass is 10.1. The van der Waals surface area contributed by atoms with E-state index in [1.807, 2.05) is 24.3 Å². The highest BCUT2D eigenvalue weighted by Crippen LogP contribution is 2.35. The summed E-state index contributed by atoms with van der Waals surface area (Å²) in [6.07, 6.45) is 0. The molecular formula is C22H21Cl2N3O4S2. The number of para-hydroxylation sites is 2. The van der Waals surface area contributed by atoms with Gasteiger partial charge in [0.1, 0.15) is 15.0 Å². The highest BCUT2D eigenvalue weighted by Gasteiger charge is 2.24. The van der Waals surface area contributed by atoms with Gasteiger partial charge in [-0.25, -0.2) is 8.42 Å². The Hall–Kier alpha value is -2.46. The minimum Gasteiger partial charge on any atom is -0.495 e. The van der Waals surface area contributed by atoms with Gasteiger partial charge in [0.05, 0.1) is 17.1 Å². The summed E-state index contributed by atoms with van der Waals surface area (Å²) in [5.74, 6) is 0.707. The standard InChI is InChI=1S/C22H21Cl2N3O4S2/c1-31-18-5-3-2-4-17(18)26-10-12-27(13-11-26)22(28)15-6-8-16(9-7-15)25-33(29,30)19-14-20(23)32-21(19)24/h2-9,14,25H,10-13H2,1H3. The largest absolute Gasteiger partial charge is 0.495 e. The Balaban J connectivity index is 1.39. The van der Waals surface area contributed by atoms with Crippen molar-refractivity contribution in [2.45, 2.75) is 4.90 Å². The number of rotatable bonds is 6. The van der Waals surface area contributed by atoms with Crippen LogP contribution in [0.2, 0.25) is 8.67 Å². The van der Waals surface area contributed by atoms with Crippen LogP contribution in [0.5, 0.6) is 5.75 Å². The minimum atomic E-state index is -3.88. The SMILES string of the molecule is COc1ccccc1N1CCN(C(=O)c2ccc(NS(=O)(=O)c3cc(Cl)sc3Cl)cc2)CC1. The number of anilines is 2. The van der Waals surface area contributed by atoms with Gasteiger partial charge in [-0.15, -0.1) is 11.3 Å². The number of halogens is 2. The first kappa shape index (κ1) is 23.7. The molecule has 2 heterocycles. The number of nitrogens with one attached hydrogen (secondary N) is 1. The van der Waals surface area contributed by atoms with Crippen molar-refractivity contribution < 1.29 is 17.9 Å². The van der Waals surface area contributed by atoms with Crippen molar-refractivity contribution in [2.75, 3.05) is 42.9 Å². The van der Waals surface area contributed by atoms with Gasteiger partial charge in [-0.1, -0.05) is 35.3 Å². The first-order valence-electron chi connectivity index (χ1n) is 10.0. The number of hydrogen-bond acceptors (Lipinski definition) is 6. The minimum absolute atomic E-state index is 0.0766. The van der Waals surface area contributed by atoms with Crippen LogP contribution in [0.4, 0.5) is 11.4 Å². The van der Waals surface area contributed by atoms with Gasteiger partial charge in [0.25, 0.3) is 15.9 Å². The summed E-state index contributed by atoms with van der Waals surface area (Å²) >= 11 is 12.8. The van der Waals surface area contributed by atoms with Crippen molar-refractivity contribution >= 4 is 61.8 Å². The van der Waals surface area contributed by atoms with Gasteiger partial charge in [0.15, 0.2) is 0 Å². The summed E-state index contributed by atoms with van der Waals surface area (Å²) in [4.78, 5) is 16.9. The number of nitrogens with zero attached hydrogens (tertiary/aromatic N) is 2. The zero-order chi connectivity index (χ0) is 23.6. The Morgan fingerprint density at radius 2 is 1.70 bits per heavy atom. The lowest BCUT2D eigenvalue weighted by Gasteiger charge is -2.36. The van der Waals surface area contributed by atoms with Gasteiger partial charge < -0.3 is 14.5 Å². The monoisotopic (exact) mass is 525 g/mol. The third kappa shape index (κ3) is 5.22. The van der Waals surface area contributed by atoms with Gasteiger partial charge in [0.2, 0.25) is 0 Å². The van der Waals surface area contributed by atoms with E-state index in [0.29, 0.717) is 37.4 Å². The van der Waals surface area contributed by atoms with Crippen LogP contribution >= 0.6 is 34.5 Å². The van der Waals surface area contributed by atoms with Gasteiger partial charge in [-0.2, -0.15) is 0 Å². The van der Waals surface area contributed by atoms with Crippen LogP contribution in [0, 0.1) is 0 Å². The summed E-state index contributed by atoms with van der Waals surface area (Å²) in [7, 11) is -2.24. The molecule has 33 heavy (non-hydrogen) atoms. The molecule has 4 rings (SSSR count). The summed E-state index contributed by atoms with van der Waals surface area (Å²) < 4.78 is 33.4. The van der Waals surface area contributed by atoms with E-state index in [9.17, 15) is 13.2 Å². The second-order valence-corrected chi connectivity index (χ2v) is 11.3. The van der Waals surface area contributed by atoms with Gasteiger partial charge in [-0.3, -0.25) is 9.52 Å². The molecule has 0 bridgehead atoms. The van der Waals surface area contributed by atoms with E-state index >= 15 is 0 Å². The Morgan fingerprint density at radius 3 is 2.30 bits per heavy atom. The molecule has 0 atom stereocenters. The zero-order valence-electron chi connectivity index (χ0n) is 17.6. The van der Waals surface area contributed by atoms with Gasteiger partial charge in [-0.05, 0) is 42.5 Å². The maximum absolute atomic E-state index is 12.9. The fourth-order valence-corrected chi connectivity index (χ4v) is 6.83. The Labute approximate surface area is 206 Å².